The smallest absolute Gasteiger partial charge is 0.226 e. The highest BCUT2D eigenvalue weighted by Gasteiger charge is 2.26. The summed E-state index contributed by atoms with van der Waals surface area (Å²) < 4.78 is 7.50. The molecule has 1 aromatic heterocycles. The Bertz CT molecular complexity index is 747. The second kappa shape index (κ2) is 10.5. The van der Waals surface area contributed by atoms with Crippen LogP contribution in [0.25, 0.3) is 0 Å². The molecule has 28 heavy (non-hydrogen) atoms. The van der Waals surface area contributed by atoms with Crippen LogP contribution >= 0.6 is 0 Å². The van der Waals surface area contributed by atoms with Crippen molar-refractivity contribution in [2.24, 2.45) is 5.92 Å². The van der Waals surface area contributed by atoms with E-state index in [4.69, 9.17) is 4.74 Å². The largest absolute Gasteiger partial charge is 0.385 e. The summed E-state index contributed by atoms with van der Waals surface area (Å²) in [6, 6.07) is 12.7. The molecule has 0 aliphatic heterocycles. The first-order valence-electron chi connectivity index (χ1n) is 10.7. The summed E-state index contributed by atoms with van der Waals surface area (Å²) >= 11 is 0. The van der Waals surface area contributed by atoms with Gasteiger partial charge in [-0.2, -0.15) is 0 Å². The minimum atomic E-state index is 0.205. The van der Waals surface area contributed by atoms with Crippen LogP contribution in [-0.4, -0.2) is 35.6 Å². The van der Waals surface area contributed by atoms with E-state index in [1.54, 1.807) is 7.11 Å². The van der Waals surface area contributed by atoms with Gasteiger partial charge in [0.2, 0.25) is 5.91 Å². The molecule has 0 unspecified atom stereocenters. The highest BCUT2D eigenvalue weighted by atomic mass is 16.5. The quantitative estimate of drug-likeness (QED) is 0.584. The lowest BCUT2D eigenvalue weighted by Gasteiger charge is -2.30. The lowest BCUT2D eigenvalue weighted by atomic mass is 9.88. The zero-order valence-electron chi connectivity index (χ0n) is 17.4. The van der Waals surface area contributed by atoms with E-state index in [1.165, 1.54) is 36.1 Å². The number of nitrogens with zero attached hydrogens (tertiary/aromatic N) is 2. The predicted octanol–water partition coefficient (Wildman–Crippen LogP) is 4.79. The van der Waals surface area contributed by atoms with E-state index >= 15 is 0 Å². The summed E-state index contributed by atoms with van der Waals surface area (Å²) in [5.74, 6) is 0.538. The van der Waals surface area contributed by atoms with Crippen molar-refractivity contribution in [1.29, 1.82) is 0 Å². The third-order valence-corrected chi connectivity index (χ3v) is 5.92. The average Bonchev–Trinajstić information content (AvgIpc) is 3.16. The minimum Gasteiger partial charge on any atom is -0.385 e. The number of carbonyl (C=O) groups is 1. The summed E-state index contributed by atoms with van der Waals surface area (Å²) in [4.78, 5) is 15.3. The van der Waals surface area contributed by atoms with Crippen molar-refractivity contribution in [2.75, 3.05) is 20.3 Å². The van der Waals surface area contributed by atoms with Crippen LogP contribution in [0.3, 0.4) is 0 Å². The first-order chi connectivity index (χ1) is 13.7. The fraction of sp³-hybridized carbons (Fsp3) is 0.542. The van der Waals surface area contributed by atoms with Crippen LogP contribution < -0.4 is 0 Å². The molecular weight excluding hydrogens is 348 g/mol. The Labute approximate surface area is 169 Å². The van der Waals surface area contributed by atoms with Gasteiger partial charge in [-0.15, -0.1) is 0 Å². The van der Waals surface area contributed by atoms with E-state index in [0.717, 1.165) is 32.4 Å². The molecule has 0 atom stereocenters. The molecule has 1 heterocycles. The Hall–Kier alpha value is -2.07. The lowest BCUT2D eigenvalue weighted by Crippen LogP contribution is -2.38. The molecule has 4 heteroatoms. The first kappa shape index (κ1) is 20.7. The number of aromatic nitrogens is 1. The molecular formula is C24H34N2O2. The van der Waals surface area contributed by atoms with Gasteiger partial charge < -0.3 is 14.2 Å². The zero-order valence-corrected chi connectivity index (χ0v) is 17.4. The second-order valence-electron chi connectivity index (χ2n) is 7.99. The highest BCUT2D eigenvalue weighted by molar-refractivity contribution is 5.78. The van der Waals surface area contributed by atoms with Gasteiger partial charge in [-0.1, -0.05) is 43.5 Å². The van der Waals surface area contributed by atoms with Crippen LogP contribution in [0, 0.1) is 12.8 Å². The molecule has 0 radical (unpaired) electrons. The molecule has 3 rings (SSSR count). The Morgan fingerprint density at radius 2 is 1.93 bits per heavy atom. The number of benzene rings is 1. The van der Waals surface area contributed by atoms with Gasteiger partial charge in [0.1, 0.15) is 0 Å². The summed E-state index contributed by atoms with van der Waals surface area (Å²) in [6.45, 7) is 5.13. The van der Waals surface area contributed by atoms with E-state index in [9.17, 15) is 4.79 Å². The standard InChI is InChI=1S/C24H34N2O2/c1-20-10-6-7-13-22(20)18-25-15-8-14-23(25)19-26(16-9-17-28-2)24(27)21-11-4-3-5-12-21/h6-8,10,13-15,21H,3-5,9,11-12,16-19H2,1-2H3. The molecule has 0 bridgehead atoms. The molecule has 0 spiro atoms. The SMILES string of the molecule is COCCCN(Cc1cccn1Cc1ccccc1C)C(=O)C1CCCCC1. The number of ether oxygens (including phenoxy) is 1. The van der Waals surface area contributed by atoms with Gasteiger partial charge in [0, 0.05) is 44.6 Å². The maximum Gasteiger partial charge on any atom is 0.226 e. The topological polar surface area (TPSA) is 34.5 Å². The number of carbonyl (C=O) groups excluding carboxylic acids is 1. The van der Waals surface area contributed by atoms with Gasteiger partial charge >= 0.3 is 0 Å². The molecule has 4 nitrogen and oxygen atoms in total. The maximum absolute atomic E-state index is 13.2. The predicted molar refractivity (Wildman–Crippen MR) is 113 cm³/mol. The Kier molecular flexibility index (Phi) is 7.72. The van der Waals surface area contributed by atoms with Crippen LogP contribution in [0.5, 0.6) is 0 Å². The molecule has 1 amide bonds. The van der Waals surface area contributed by atoms with Crippen LogP contribution in [0.15, 0.2) is 42.6 Å². The number of aryl methyl sites for hydroxylation is 1. The average molecular weight is 383 g/mol. The fourth-order valence-electron chi connectivity index (χ4n) is 4.19. The van der Waals surface area contributed by atoms with Crippen LogP contribution in [0.4, 0.5) is 0 Å². The van der Waals surface area contributed by atoms with Gasteiger partial charge in [0.15, 0.2) is 0 Å². The van der Waals surface area contributed by atoms with Gasteiger partial charge in [-0.25, -0.2) is 0 Å². The molecule has 152 valence electrons. The Balaban J connectivity index is 1.72. The zero-order chi connectivity index (χ0) is 19.8. The van der Waals surface area contributed by atoms with Crippen molar-refractivity contribution in [3.63, 3.8) is 0 Å². The van der Waals surface area contributed by atoms with Crippen molar-refractivity contribution in [2.45, 2.75) is 58.5 Å². The fourth-order valence-corrected chi connectivity index (χ4v) is 4.19. The maximum atomic E-state index is 13.2. The van der Waals surface area contributed by atoms with E-state index in [-0.39, 0.29) is 5.92 Å². The molecule has 1 aliphatic carbocycles. The number of hydrogen-bond acceptors (Lipinski definition) is 2. The molecule has 1 saturated carbocycles. The van der Waals surface area contributed by atoms with Gasteiger partial charge in [0.25, 0.3) is 0 Å². The lowest BCUT2D eigenvalue weighted by molar-refractivity contribution is -0.137. The van der Waals surface area contributed by atoms with Crippen LogP contribution in [0.2, 0.25) is 0 Å². The summed E-state index contributed by atoms with van der Waals surface area (Å²) in [7, 11) is 1.72. The number of methoxy groups -OCH3 is 1. The van der Waals surface area contributed by atoms with Crippen molar-refractivity contribution in [3.8, 4) is 0 Å². The van der Waals surface area contributed by atoms with Gasteiger partial charge in [-0.3, -0.25) is 4.79 Å². The Morgan fingerprint density at radius 1 is 1.14 bits per heavy atom. The van der Waals surface area contributed by atoms with Crippen molar-refractivity contribution in [3.05, 3.63) is 59.4 Å². The molecule has 0 saturated heterocycles. The number of amides is 1. The van der Waals surface area contributed by atoms with Crippen molar-refractivity contribution >= 4 is 5.91 Å². The van der Waals surface area contributed by atoms with Crippen LogP contribution in [0.1, 0.15) is 55.3 Å². The number of hydrogen-bond donors (Lipinski definition) is 0. The molecule has 1 aliphatic rings. The summed E-state index contributed by atoms with van der Waals surface area (Å²) in [6.07, 6.45) is 8.74. The summed E-state index contributed by atoms with van der Waals surface area (Å²) in [5.41, 5.74) is 3.83. The minimum absolute atomic E-state index is 0.205. The van der Waals surface area contributed by atoms with Crippen molar-refractivity contribution in [1.82, 2.24) is 9.47 Å². The third kappa shape index (κ3) is 5.48. The Morgan fingerprint density at radius 3 is 2.68 bits per heavy atom. The van der Waals surface area contributed by atoms with Gasteiger partial charge in [-0.05, 0) is 49.4 Å². The second-order valence-corrected chi connectivity index (χ2v) is 7.99. The first-order valence-corrected chi connectivity index (χ1v) is 10.7. The highest BCUT2D eigenvalue weighted by Crippen LogP contribution is 2.26. The van der Waals surface area contributed by atoms with Gasteiger partial charge in [0.05, 0.1) is 6.54 Å². The number of rotatable bonds is 9. The molecule has 0 N–H and O–H groups in total. The normalized spacial score (nSPS) is 14.9. The monoisotopic (exact) mass is 382 g/mol. The van der Waals surface area contributed by atoms with E-state index in [2.05, 4.69) is 59.0 Å². The van der Waals surface area contributed by atoms with E-state index in [0.29, 0.717) is 19.1 Å². The molecule has 1 aromatic carbocycles. The van der Waals surface area contributed by atoms with E-state index < -0.39 is 0 Å². The third-order valence-electron chi connectivity index (χ3n) is 5.92. The molecule has 2 aromatic rings. The van der Waals surface area contributed by atoms with E-state index in [1.807, 2.05) is 0 Å². The summed E-state index contributed by atoms with van der Waals surface area (Å²) in [5, 5.41) is 0. The molecule has 1 fully saturated rings. The van der Waals surface area contributed by atoms with Crippen molar-refractivity contribution < 1.29 is 9.53 Å². The van der Waals surface area contributed by atoms with Crippen LogP contribution in [-0.2, 0) is 22.6 Å².